The summed E-state index contributed by atoms with van der Waals surface area (Å²) >= 11 is 0. The number of amides is 1. The average molecular weight is 886 g/mol. The van der Waals surface area contributed by atoms with Gasteiger partial charge in [-0.2, -0.15) is 0 Å². The van der Waals surface area contributed by atoms with Gasteiger partial charge in [0, 0.05) is 6.42 Å². The van der Waals surface area contributed by atoms with E-state index in [-0.39, 0.29) is 24.9 Å². The molecular weight excluding hydrogens is 779 g/mol. The van der Waals surface area contributed by atoms with Crippen LogP contribution in [0.25, 0.3) is 0 Å². The summed E-state index contributed by atoms with van der Waals surface area (Å²) < 4.78 is 5.92. The highest BCUT2D eigenvalue weighted by Gasteiger charge is 2.24. The van der Waals surface area contributed by atoms with Crippen molar-refractivity contribution in [1.82, 2.24) is 5.32 Å². The number of hydrogen-bond acceptors (Lipinski definition) is 5. The highest BCUT2D eigenvalue weighted by molar-refractivity contribution is 5.77. The fourth-order valence-electron chi connectivity index (χ4n) is 8.48. The number of aliphatic hydroxyl groups excluding tert-OH is 2. The molecule has 3 N–H and O–H groups in total. The number of allylic oxidation sites excluding steroid dienone is 6. The third kappa shape index (κ3) is 46.4. The van der Waals surface area contributed by atoms with Crippen LogP contribution in [0.15, 0.2) is 36.5 Å². The predicted octanol–water partition coefficient (Wildman–Crippen LogP) is 16.8. The van der Waals surface area contributed by atoms with Crippen molar-refractivity contribution < 1.29 is 24.5 Å². The zero-order valence-corrected chi connectivity index (χ0v) is 42.2. The summed E-state index contributed by atoms with van der Waals surface area (Å²) in [5.41, 5.74) is 0. The maximum atomic E-state index is 13.2. The lowest BCUT2D eigenvalue weighted by Gasteiger charge is -2.24. The summed E-state index contributed by atoms with van der Waals surface area (Å²) in [6.45, 7) is 6.48. The number of carbonyl (C=O) groups is 2. The van der Waals surface area contributed by atoms with Crippen LogP contribution in [0.1, 0.15) is 290 Å². The van der Waals surface area contributed by atoms with Crippen LogP contribution >= 0.6 is 0 Å². The van der Waals surface area contributed by atoms with Gasteiger partial charge in [0.1, 0.15) is 6.10 Å². The Balaban J connectivity index is 4.59. The second-order valence-corrected chi connectivity index (χ2v) is 19.0. The third-order valence-electron chi connectivity index (χ3n) is 12.7. The largest absolute Gasteiger partial charge is 0.462 e. The van der Waals surface area contributed by atoms with Gasteiger partial charge in [-0.25, -0.2) is 0 Å². The molecular formula is C57H107NO5. The Morgan fingerprint density at radius 1 is 0.460 bits per heavy atom. The van der Waals surface area contributed by atoms with Crippen molar-refractivity contribution in [2.24, 2.45) is 0 Å². The van der Waals surface area contributed by atoms with E-state index in [9.17, 15) is 19.8 Å². The van der Waals surface area contributed by atoms with E-state index >= 15 is 0 Å². The molecule has 0 bridgehead atoms. The Morgan fingerprint density at radius 2 is 0.825 bits per heavy atom. The first kappa shape index (κ1) is 61.1. The molecule has 0 rings (SSSR count). The summed E-state index contributed by atoms with van der Waals surface area (Å²) in [7, 11) is 0. The lowest BCUT2D eigenvalue weighted by Crippen LogP contribution is -2.46. The molecule has 3 unspecified atom stereocenters. The quantitative estimate of drug-likeness (QED) is 0.0245. The minimum atomic E-state index is -0.798. The van der Waals surface area contributed by atoms with Crippen molar-refractivity contribution in [2.75, 3.05) is 6.61 Å². The van der Waals surface area contributed by atoms with Crippen LogP contribution in [0.3, 0.4) is 0 Å². The smallest absolute Gasteiger partial charge is 0.306 e. The van der Waals surface area contributed by atoms with Crippen molar-refractivity contribution in [3.05, 3.63) is 36.5 Å². The van der Waals surface area contributed by atoms with Crippen molar-refractivity contribution in [3.8, 4) is 0 Å². The summed E-state index contributed by atoms with van der Waals surface area (Å²) in [5, 5.41) is 23.8. The standard InChI is InChI=1S/C57H107NO5/c1-4-7-10-13-16-19-22-25-28-31-34-37-40-43-46-49-55(60)54(52-59)58-56(61)51-53(48-45-42-39-36-33-30-27-24-21-18-15-12-9-6-3)63-57(62)50-47-44-41-38-35-32-29-26-23-20-17-14-11-8-5-2/h20,23,30,33,36,39,53-55,59-60H,4-19,21-22,24-29,31-32,34-35,37-38,40-52H2,1-3H3,(H,58,61)/b23-20-,33-30+,39-36+. The SMILES string of the molecule is CCCCCC/C=C\CCCCCCCCCC(=O)OC(CCC/C=C/C=C/CCCCCCCCC)CC(=O)NC(CO)C(O)CCCCCCCCCCCCCCCCC. The lowest BCUT2D eigenvalue weighted by atomic mass is 10.0. The fourth-order valence-corrected chi connectivity index (χ4v) is 8.48. The molecule has 0 heterocycles. The van der Waals surface area contributed by atoms with Gasteiger partial charge >= 0.3 is 5.97 Å². The Kier molecular flexibility index (Phi) is 49.5. The van der Waals surface area contributed by atoms with Gasteiger partial charge in [0.2, 0.25) is 5.91 Å². The maximum absolute atomic E-state index is 13.2. The molecule has 63 heavy (non-hydrogen) atoms. The van der Waals surface area contributed by atoms with Crippen molar-refractivity contribution in [2.45, 2.75) is 309 Å². The molecule has 0 aromatic heterocycles. The molecule has 0 aliphatic carbocycles. The van der Waals surface area contributed by atoms with Crippen LogP contribution in [-0.2, 0) is 14.3 Å². The molecule has 0 aromatic rings. The van der Waals surface area contributed by atoms with E-state index in [2.05, 4.69) is 62.5 Å². The molecule has 0 radical (unpaired) electrons. The van der Waals surface area contributed by atoms with E-state index in [0.717, 1.165) is 57.8 Å². The topological polar surface area (TPSA) is 95.9 Å². The summed E-state index contributed by atoms with van der Waals surface area (Å²) in [5.74, 6) is -0.515. The Hall–Kier alpha value is -1.92. The first-order chi connectivity index (χ1) is 31.0. The number of carbonyl (C=O) groups excluding carboxylic acids is 2. The first-order valence-electron chi connectivity index (χ1n) is 27.7. The normalized spacial score (nSPS) is 13.4. The Bertz CT molecular complexity index is 1040. The van der Waals surface area contributed by atoms with Gasteiger partial charge in [-0.3, -0.25) is 9.59 Å². The van der Waals surface area contributed by atoms with Gasteiger partial charge < -0.3 is 20.3 Å². The van der Waals surface area contributed by atoms with Gasteiger partial charge in [0.15, 0.2) is 0 Å². The molecule has 0 saturated heterocycles. The van der Waals surface area contributed by atoms with Crippen LogP contribution in [0.5, 0.6) is 0 Å². The first-order valence-corrected chi connectivity index (χ1v) is 27.7. The predicted molar refractivity (Wildman–Crippen MR) is 273 cm³/mol. The molecule has 370 valence electrons. The molecule has 0 spiro atoms. The minimum absolute atomic E-state index is 0.0457. The monoisotopic (exact) mass is 886 g/mol. The van der Waals surface area contributed by atoms with E-state index in [0.29, 0.717) is 19.3 Å². The van der Waals surface area contributed by atoms with E-state index in [1.165, 1.54) is 186 Å². The highest BCUT2D eigenvalue weighted by atomic mass is 16.5. The third-order valence-corrected chi connectivity index (χ3v) is 12.7. The summed E-state index contributed by atoms with van der Waals surface area (Å²) in [4.78, 5) is 26.2. The van der Waals surface area contributed by atoms with Gasteiger partial charge in [0.25, 0.3) is 0 Å². The molecule has 1 amide bonds. The molecule has 0 saturated carbocycles. The second kappa shape index (κ2) is 51.1. The summed E-state index contributed by atoms with van der Waals surface area (Å²) in [6.07, 6.45) is 60.7. The number of aliphatic hydroxyl groups is 2. The average Bonchev–Trinajstić information content (AvgIpc) is 3.28. The van der Waals surface area contributed by atoms with E-state index in [1.54, 1.807) is 0 Å². The maximum Gasteiger partial charge on any atom is 0.306 e. The number of nitrogens with one attached hydrogen (secondary N) is 1. The van der Waals surface area contributed by atoms with Gasteiger partial charge in [0.05, 0.1) is 25.2 Å². The minimum Gasteiger partial charge on any atom is -0.462 e. The number of rotatable bonds is 50. The zero-order chi connectivity index (χ0) is 45.9. The number of ether oxygens (including phenoxy) is 1. The van der Waals surface area contributed by atoms with Gasteiger partial charge in [-0.1, -0.05) is 243 Å². The molecule has 6 heteroatoms. The molecule has 3 atom stereocenters. The van der Waals surface area contributed by atoms with E-state index in [4.69, 9.17) is 4.74 Å². The molecule has 6 nitrogen and oxygen atoms in total. The highest BCUT2D eigenvalue weighted by Crippen LogP contribution is 2.18. The van der Waals surface area contributed by atoms with Crippen LogP contribution in [0.4, 0.5) is 0 Å². The molecule has 0 aromatic carbocycles. The fraction of sp³-hybridized carbons (Fsp3) is 0.860. The lowest BCUT2D eigenvalue weighted by molar-refractivity contribution is -0.151. The van der Waals surface area contributed by atoms with Gasteiger partial charge in [-0.05, 0) is 70.6 Å². The van der Waals surface area contributed by atoms with Crippen LogP contribution in [0.2, 0.25) is 0 Å². The summed E-state index contributed by atoms with van der Waals surface area (Å²) in [6, 6.07) is -0.715. The van der Waals surface area contributed by atoms with Crippen molar-refractivity contribution in [1.29, 1.82) is 0 Å². The second-order valence-electron chi connectivity index (χ2n) is 19.0. The van der Waals surface area contributed by atoms with E-state index in [1.807, 2.05) is 0 Å². The van der Waals surface area contributed by atoms with Crippen LogP contribution in [-0.4, -0.2) is 46.9 Å². The zero-order valence-electron chi connectivity index (χ0n) is 42.2. The molecule has 0 aliphatic rings. The van der Waals surface area contributed by atoms with Gasteiger partial charge in [-0.15, -0.1) is 0 Å². The van der Waals surface area contributed by atoms with Crippen LogP contribution in [0, 0.1) is 0 Å². The Morgan fingerprint density at radius 3 is 1.27 bits per heavy atom. The molecule has 0 aliphatic heterocycles. The van der Waals surface area contributed by atoms with Crippen molar-refractivity contribution in [3.63, 3.8) is 0 Å². The van der Waals surface area contributed by atoms with Crippen molar-refractivity contribution >= 4 is 11.9 Å². The van der Waals surface area contributed by atoms with E-state index < -0.39 is 18.2 Å². The number of unbranched alkanes of at least 4 members (excludes halogenated alkanes) is 33. The number of hydrogen-bond donors (Lipinski definition) is 3. The van der Waals surface area contributed by atoms with Crippen LogP contribution < -0.4 is 5.32 Å². The number of esters is 1. The molecule has 0 fully saturated rings. The Labute approximate surface area is 392 Å².